The lowest BCUT2D eigenvalue weighted by Crippen LogP contribution is -2.36. The summed E-state index contributed by atoms with van der Waals surface area (Å²) < 4.78 is 40.2. The van der Waals surface area contributed by atoms with Crippen molar-refractivity contribution in [1.29, 1.82) is 0 Å². The van der Waals surface area contributed by atoms with Gasteiger partial charge in [0.25, 0.3) is 0 Å². The highest BCUT2D eigenvalue weighted by atomic mass is 19.4. The zero-order valence-corrected chi connectivity index (χ0v) is 18.1. The maximum Gasteiger partial charge on any atom is 0.416 e. The maximum atomic E-state index is 13.0. The van der Waals surface area contributed by atoms with Crippen molar-refractivity contribution >= 4 is 17.6 Å². The molecule has 1 unspecified atom stereocenters. The fraction of sp³-hybridized carbons (Fsp3) is 0.500. The lowest BCUT2D eigenvalue weighted by atomic mass is 9.86. The summed E-state index contributed by atoms with van der Waals surface area (Å²) in [6, 6.07) is 5.23. The first-order valence-corrected chi connectivity index (χ1v) is 10.5. The Hall–Kier alpha value is -2.88. The van der Waals surface area contributed by atoms with Crippen LogP contribution in [-0.2, 0) is 17.5 Å². The third-order valence-corrected chi connectivity index (χ3v) is 6.51. The van der Waals surface area contributed by atoms with Crippen LogP contribution < -0.4 is 4.90 Å². The Morgan fingerprint density at radius 2 is 1.94 bits per heavy atom. The summed E-state index contributed by atoms with van der Waals surface area (Å²) in [6.07, 6.45) is 0.424. The zero-order chi connectivity index (χ0) is 23.1. The van der Waals surface area contributed by atoms with Crippen molar-refractivity contribution in [1.82, 2.24) is 19.6 Å². The molecule has 2 amide bonds. The van der Waals surface area contributed by atoms with Gasteiger partial charge in [0.05, 0.1) is 23.6 Å². The van der Waals surface area contributed by atoms with Crippen LogP contribution in [0, 0.1) is 5.41 Å². The van der Waals surface area contributed by atoms with Crippen molar-refractivity contribution in [3.63, 3.8) is 0 Å². The maximum absolute atomic E-state index is 13.0. The van der Waals surface area contributed by atoms with E-state index in [0.717, 1.165) is 32.0 Å². The Morgan fingerprint density at radius 1 is 1.19 bits per heavy atom. The second-order valence-electron chi connectivity index (χ2n) is 8.83. The Kier molecular flexibility index (Phi) is 5.74. The highest BCUT2D eigenvalue weighted by molar-refractivity contribution is 5.91. The molecule has 2 aliphatic heterocycles. The van der Waals surface area contributed by atoms with Gasteiger partial charge in [0.2, 0.25) is 5.91 Å². The third kappa shape index (κ3) is 4.50. The number of anilines is 1. The number of rotatable bonds is 3. The van der Waals surface area contributed by atoms with E-state index in [1.807, 2.05) is 0 Å². The number of alkyl halides is 3. The van der Waals surface area contributed by atoms with Gasteiger partial charge in [0.15, 0.2) is 0 Å². The SMILES string of the molecule is CC(=O)N(C)c1cnn(C(=O)N2CCC3(CCN(Cc4cccc(C(F)(F)F)c4)C3)C2)c1. The summed E-state index contributed by atoms with van der Waals surface area (Å²) in [7, 11) is 1.62. The lowest BCUT2D eigenvalue weighted by Gasteiger charge is -2.25. The first kappa shape index (κ1) is 22.3. The Labute approximate surface area is 184 Å². The van der Waals surface area contributed by atoms with Crippen LogP contribution in [0.5, 0.6) is 0 Å². The number of nitrogens with zero attached hydrogens (tertiary/aromatic N) is 5. The van der Waals surface area contributed by atoms with Gasteiger partial charge in [0, 0.05) is 45.6 Å². The number of likely N-dealkylation sites (tertiary alicyclic amines) is 2. The molecule has 1 atom stereocenters. The van der Waals surface area contributed by atoms with Gasteiger partial charge < -0.3 is 9.80 Å². The molecule has 10 heteroatoms. The smallest absolute Gasteiger partial charge is 0.322 e. The van der Waals surface area contributed by atoms with E-state index >= 15 is 0 Å². The first-order chi connectivity index (χ1) is 15.1. The number of hydrogen-bond donors (Lipinski definition) is 0. The Bertz CT molecular complexity index is 1020. The van der Waals surface area contributed by atoms with Crippen LogP contribution in [0.3, 0.4) is 0 Å². The molecule has 1 aromatic carbocycles. The van der Waals surface area contributed by atoms with Crippen molar-refractivity contribution < 1.29 is 22.8 Å². The Balaban J connectivity index is 1.37. The monoisotopic (exact) mass is 449 g/mol. The standard InChI is InChI=1S/C22H26F3N5O2/c1-16(31)27(2)19-11-26-30(13-19)20(32)29-9-7-21(15-29)6-8-28(14-21)12-17-4-3-5-18(10-17)22(23,24)25/h3-5,10-11,13H,6-9,12,14-15H2,1-2H3. The summed E-state index contributed by atoms with van der Waals surface area (Å²) in [5.41, 5.74) is 0.508. The first-order valence-electron chi connectivity index (χ1n) is 10.5. The van der Waals surface area contributed by atoms with Crippen molar-refractivity contribution in [2.45, 2.75) is 32.5 Å². The van der Waals surface area contributed by atoms with Gasteiger partial charge in [-0.3, -0.25) is 9.69 Å². The summed E-state index contributed by atoms with van der Waals surface area (Å²) >= 11 is 0. The third-order valence-electron chi connectivity index (χ3n) is 6.51. The minimum atomic E-state index is -4.35. The summed E-state index contributed by atoms with van der Waals surface area (Å²) in [4.78, 5) is 29.8. The molecule has 2 saturated heterocycles. The minimum Gasteiger partial charge on any atom is -0.322 e. The van der Waals surface area contributed by atoms with E-state index in [9.17, 15) is 22.8 Å². The molecule has 7 nitrogen and oxygen atoms in total. The largest absolute Gasteiger partial charge is 0.416 e. The van der Waals surface area contributed by atoms with Gasteiger partial charge in [-0.25, -0.2) is 4.79 Å². The molecule has 2 aromatic rings. The highest BCUT2D eigenvalue weighted by Crippen LogP contribution is 2.40. The van der Waals surface area contributed by atoms with Gasteiger partial charge >= 0.3 is 12.2 Å². The Morgan fingerprint density at radius 3 is 2.66 bits per heavy atom. The molecule has 1 spiro atoms. The molecule has 0 saturated carbocycles. The normalized spacial score (nSPS) is 21.5. The number of carbonyl (C=O) groups is 2. The van der Waals surface area contributed by atoms with E-state index < -0.39 is 11.7 Å². The predicted octanol–water partition coefficient (Wildman–Crippen LogP) is 3.45. The van der Waals surface area contributed by atoms with Gasteiger partial charge in [0.1, 0.15) is 0 Å². The average molecular weight is 449 g/mol. The van der Waals surface area contributed by atoms with E-state index in [1.54, 1.807) is 24.2 Å². The van der Waals surface area contributed by atoms with E-state index in [1.165, 1.54) is 34.8 Å². The molecule has 32 heavy (non-hydrogen) atoms. The van der Waals surface area contributed by atoms with Crippen molar-refractivity contribution in [2.75, 3.05) is 38.1 Å². The number of amides is 2. The van der Waals surface area contributed by atoms with E-state index in [0.29, 0.717) is 30.9 Å². The molecule has 3 heterocycles. The molecule has 0 radical (unpaired) electrons. The van der Waals surface area contributed by atoms with Gasteiger partial charge in [-0.1, -0.05) is 18.2 Å². The quantitative estimate of drug-likeness (QED) is 0.720. The molecule has 0 bridgehead atoms. The minimum absolute atomic E-state index is 0.0521. The molecule has 4 rings (SSSR count). The molecule has 2 fully saturated rings. The topological polar surface area (TPSA) is 61.7 Å². The van der Waals surface area contributed by atoms with Gasteiger partial charge in [-0.15, -0.1) is 0 Å². The summed E-state index contributed by atoms with van der Waals surface area (Å²) in [5.74, 6) is -0.149. The van der Waals surface area contributed by atoms with E-state index in [-0.39, 0.29) is 17.4 Å². The second kappa shape index (κ2) is 8.23. The molecule has 0 N–H and O–H groups in total. The molecule has 2 aliphatic rings. The van der Waals surface area contributed by atoms with Crippen LogP contribution in [-0.4, -0.2) is 64.7 Å². The number of halogens is 3. The van der Waals surface area contributed by atoms with Crippen LogP contribution in [0.15, 0.2) is 36.7 Å². The van der Waals surface area contributed by atoms with Crippen LogP contribution in [0.25, 0.3) is 0 Å². The molecule has 0 aliphatic carbocycles. The second-order valence-corrected chi connectivity index (χ2v) is 8.83. The lowest BCUT2D eigenvalue weighted by molar-refractivity contribution is -0.137. The molecule has 1 aromatic heterocycles. The van der Waals surface area contributed by atoms with Gasteiger partial charge in [-0.2, -0.15) is 23.0 Å². The summed E-state index contributed by atoms with van der Waals surface area (Å²) in [6.45, 7) is 4.61. The van der Waals surface area contributed by atoms with E-state index in [4.69, 9.17) is 0 Å². The number of aromatic nitrogens is 2. The fourth-order valence-corrected chi connectivity index (χ4v) is 4.62. The van der Waals surface area contributed by atoms with Crippen LogP contribution in [0.2, 0.25) is 0 Å². The van der Waals surface area contributed by atoms with Gasteiger partial charge in [-0.05, 0) is 31.0 Å². The van der Waals surface area contributed by atoms with Crippen molar-refractivity contribution in [2.24, 2.45) is 5.41 Å². The number of benzene rings is 1. The van der Waals surface area contributed by atoms with Crippen LogP contribution in [0.1, 0.15) is 30.9 Å². The highest BCUT2D eigenvalue weighted by Gasteiger charge is 2.45. The number of hydrogen-bond acceptors (Lipinski definition) is 4. The summed E-state index contributed by atoms with van der Waals surface area (Å²) in [5, 5.41) is 4.11. The number of carbonyl (C=O) groups excluding carboxylic acids is 2. The van der Waals surface area contributed by atoms with Crippen molar-refractivity contribution in [3.8, 4) is 0 Å². The van der Waals surface area contributed by atoms with E-state index in [2.05, 4.69) is 10.00 Å². The zero-order valence-electron chi connectivity index (χ0n) is 18.1. The van der Waals surface area contributed by atoms with Crippen LogP contribution in [0.4, 0.5) is 23.7 Å². The fourth-order valence-electron chi connectivity index (χ4n) is 4.62. The molecular weight excluding hydrogens is 423 g/mol. The average Bonchev–Trinajstić information content (AvgIpc) is 3.47. The van der Waals surface area contributed by atoms with Crippen molar-refractivity contribution in [3.05, 3.63) is 47.8 Å². The molecular formula is C22H26F3N5O2. The predicted molar refractivity (Wildman–Crippen MR) is 112 cm³/mol. The van der Waals surface area contributed by atoms with Crippen LogP contribution >= 0.6 is 0 Å². The molecule has 172 valence electrons.